The molecular formula is C26H35F2N7O2. The highest BCUT2D eigenvalue weighted by atomic mass is 19.3. The van der Waals surface area contributed by atoms with Crippen LogP contribution >= 0.6 is 0 Å². The van der Waals surface area contributed by atoms with Gasteiger partial charge in [0.1, 0.15) is 11.6 Å². The van der Waals surface area contributed by atoms with E-state index in [0.29, 0.717) is 66.9 Å². The highest BCUT2D eigenvalue weighted by molar-refractivity contribution is 5.78. The van der Waals surface area contributed by atoms with Crippen molar-refractivity contribution < 1.29 is 18.3 Å². The van der Waals surface area contributed by atoms with Gasteiger partial charge in [-0.15, -0.1) is 0 Å². The number of morpholine rings is 1. The second-order valence-corrected chi connectivity index (χ2v) is 9.65. The molecule has 0 atom stereocenters. The van der Waals surface area contributed by atoms with Gasteiger partial charge < -0.3 is 25.0 Å². The Morgan fingerprint density at radius 2 is 1.81 bits per heavy atom. The molecule has 9 nitrogen and oxygen atoms in total. The number of alkyl halides is 2. The van der Waals surface area contributed by atoms with E-state index in [4.69, 9.17) is 19.4 Å². The quantitative estimate of drug-likeness (QED) is 0.394. The van der Waals surface area contributed by atoms with Crippen molar-refractivity contribution in [3.05, 3.63) is 36.2 Å². The van der Waals surface area contributed by atoms with Gasteiger partial charge in [0.2, 0.25) is 5.95 Å². The van der Waals surface area contributed by atoms with Gasteiger partial charge in [0, 0.05) is 45.4 Å². The molecule has 0 spiro atoms. The zero-order valence-electron chi connectivity index (χ0n) is 21.2. The number of hydrogen-bond acceptors (Lipinski definition) is 8. The van der Waals surface area contributed by atoms with E-state index in [1.807, 2.05) is 6.07 Å². The van der Waals surface area contributed by atoms with Crippen LogP contribution in [-0.2, 0) is 9.47 Å². The Morgan fingerprint density at radius 1 is 1.05 bits per heavy atom. The summed E-state index contributed by atoms with van der Waals surface area (Å²) in [5.74, 6) is 1.70. The maximum absolute atomic E-state index is 14.0. The SMILES string of the molecule is COCCNC1CCC(CNc2nc(N3CCOCC3)cc(-n3c(C(F)F)nc4ccccc43)n2)CC1. The summed E-state index contributed by atoms with van der Waals surface area (Å²) >= 11 is 0. The Bertz CT molecular complexity index is 1160. The van der Waals surface area contributed by atoms with Gasteiger partial charge in [-0.2, -0.15) is 9.97 Å². The van der Waals surface area contributed by atoms with Crippen molar-refractivity contribution in [1.29, 1.82) is 0 Å². The number of methoxy groups -OCH3 is 1. The first kappa shape index (κ1) is 25.7. The standard InChI is InChI=1S/C26H35F2N7O2/c1-36-13-10-29-19-8-6-18(7-9-19)17-30-26-32-22(34-11-14-37-15-12-34)16-23(33-26)35-21-5-3-2-4-20(21)31-25(35)24(27)28/h2-5,16,18-19,24,29H,6-15,17H2,1H3,(H,30,32,33). The van der Waals surface area contributed by atoms with Crippen molar-refractivity contribution in [2.45, 2.75) is 38.2 Å². The predicted molar refractivity (Wildman–Crippen MR) is 139 cm³/mol. The van der Waals surface area contributed by atoms with Gasteiger partial charge in [0.25, 0.3) is 6.43 Å². The van der Waals surface area contributed by atoms with E-state index < -0.39 is 6.43 Å². The van der Waals surface area contributed by atoms with Gasteiger partial charge in [0.15, 0.2) is 5.82 Å². The van der Waals surface area contributed by atoms with Gasteiger partial charge in [0.05, 0.1) is 30.9 Å². The number of imidazole rings is 1. The van der Waals surface area contributed by atoms with Crippen LogP contribution in [0.25, 0.3) is 16.9 Å². The molecular weight excluding hydrogens is 480 g/mol. The fraction of sp³-hybridized carbons (Fsp3) is 0.577. The van der Waals surface area contributed by atoms with Crippen LogP contribution < -0.4 is 15.5 Å². The van der Waals surface area contributed by atoms with Gasteiger partial charge in [-0.1, -0.05) is 12.1 Å². The van der Waals surface area contributed by atoms with Crippen molar-refractivity contribution in [2.24, 2.45) is 5.92 Å². The first-order valence-corrected chi connectivity index (χ1v) is 13.1. The molecule has 1 saturated carbocycles. The van der Waals surface area contributed by atoms with Gasteiger partial charge in [-0.25, -0.2) is 13.8 Å². The summed E-state index contributed by atoms with van der Waals surface area (Å²) < 4.78 is 40.2. The number of nitrogens with zero attached hydrogens (tertiary/aromatic N) is 5. The van der Waals surface area contributed by atoms with Crippen molar-refractivity contribution in [3.8, 4) is 5.82 Å². The lowest BCUT2D eigenvalue weighted by molar-refractivity contribution is 0.122. The number of nitrogens with one attached hydrogen (secondary N) is 2. The number of anilines is 2. The van der Waals surface area contributed by atoms with E-state index in [9.17, 15) is 8.78 Å². The summed E-state index contributed by atoms with van der Waals surface area (Å²) in [5, 5.41) is 6.98. The molecule has 2 aromatic heterocycles. The lowest BCUT2D eigenvalue weighted by Gasteiger charge is -2.30. The van der Waals surface area contributed by atoms with Gasteiger partial charge >= 0.3 is 0 Å². The minimum atomic E-state index is -2.74. The molecule has 1 aromatic carbocycles. The molecule has 3 heterocycles. The Kier molecular flexibility index (Phi) is 8.42. The minimum Gasteiger partial charge on any atom is -0.383 e. The third kappa shape index (κ3) is 6.16. The van der Waals surface area contributed by atoms with E-state index in [1.54, 1.807) is 31.4 Å². The number of halogens is 2. The van der Waals surface area contributed by atoms with Crippen LogP contribution in [-0.4, -0.2) is 78.7 Å². The molecule has 0 unspecified atom stereocenters. The van der Waals surface area contributed by atoms with Gasteiger partial charge in [-0.05, 0) is 43.7 Å². The molecule has 2 aliphatic rings. The normalized spacial score (nSPS) is 20.6. The van der Waals surface area contributed by atoms with Crippen LogP contribution in [0.5, 0.6) is 0 Å². The largest absolute Gasteiger partial charge is 0.383 e. The predicted octanol–water partition coefficient (Wildman–Crippen LogP) is 3.80. The minimum absolute atomic E-state index is 0.321. The number of benzene rings is 1. The second kappa shape index (κ2) is 12.1. The molecule has 2 fully saturated rings. The highest BCUT2D eigenvalue weighted by Crippen LogP contribution is 2.30. The number of hydrogen-bond donors (Lipinski definition) is 2. The lowest BCUT2D eigenvalue weighted by atomic mass is 9.86. The molecule has 0 radical (unpaired) electrons. The zero-order chi connectivity index (χ0) is 25.6. The summed E-state index contributed by atoms with van der Waals surface area (Å²) in [6.07, 6.45) is 1.71. The summed E-state index contributed by atoms with van der Waals surface area (Å²) in [7, 11) is 1.72. The smallest absolute Gasteiger partial charge is 0.296 e. The summed E-state index contributed by atoms with van der Waals surface area (Å²) in [6, 6.07) is 9.44. The first-order valence-electron chi connectivity index (χ1n) is 13.1. The maximum Gasteiger partial charge on any atom is 0.296 e. The van der Waals surface area contributed by atoms with Crippen molar-refractivity contribution >= 4 is 22.8 Å². The summed E-state index contributed by atoms with van der Waals surface area (Å²) in [4.78, 5) is 15.8. The van der Waals surface area contributed by atoms with Crippen molar-refractivity contribution in [3.63, 3.8) is 0 Å². The molecule has 2 N–H and O–H groups in total. The Labute approximate surface area is 215 Å². The monoisotopic (exact) mass is 515 g/mol. The molecule has 1 aliphatic heterocycles. The van der Waals surface area contributed by atoms with E-state index in [1.165, 1.54) is 4.57 Å². The third-order valence-electron chi connectivity index (χ3n) is 7.18. The molecule has 37 heavy (non-hydrogen) atoms. The molecule has 0 amide bonds. The van der Waals surface area contributed by atoms with Gasteiger partial charge in [-0.3, -0.25) is 4.57 Å². The van der Waals surface area contributed by atoms with Crippen LogP contribution in [0, 0.1) is 5.92 Å². The Hall–Kier alpha value is -2.89. The third-order valence-corrected chi connectivity index (χ3v) is 7.18. The van der Waals surface area contributed by atoms with Crippen LogP contribution in [0.3, 0.4) is 0 Å². The van der Waals surface area contributed by atoms with E-state index in [0.717, 1.165) is 45.4 Å². The van der Waals surface area contributed by atoms with Crippen LogP contribution in [0.4, 0.5) is 20.5 Å². The summed E-state index contributed by atoms with van der Waals surface area (Å²) in [5.41, 5.74) is 1.10. The van der Waals surface area contributed by atoms with Crippen LogP contribution in [0.2, 0.25) is 0 Å². The highest BCUT2D eigenvalue weighted by Gasteiger charge is 2.24. The summed E-state index contributed by atoms with van der Waals surface area (Å²) in [6.45, 7) is 4.90. The van der Waals surface area contributed by atoms with Crippen LogP contribution in [0.1, 0.15) is 37.9 Å². The number of aromatic nitrogens is 4. The van der Waals surface area contributed by atoms with E-state index >= 15 is 0 Å². The molecule has 200 valence electrons. The average Bonchev–Trinajstić information content (AvgIpc) is 3.33. The molecule has 1 saturated heterocycles. The Morgan fingerprint density at radius 3 is 2.57 bits per heavy atom. The lowest BCUT2D eigenvalue weighted by Crippen LogP contribution is -2.37. The van der Waals surface area contributed by atoms with E-state index in [-0.39, 0.29) is 5.82 Å². The second-order valence-electron chi connectivity index (χ2n) is 9.65. The first-order chi connectivity index (χ1) is 18.1. The molecule has 11 heteroatoms. The molecule has 5 rings (SSSR count). The number of para-hydroxylation sites is 2. The number of fused-ring (bicyclic) bond motifs is 1. The fourth-order valence-corrected chi connectivity index (χ4v) is 5.17. The maximum atomic E-state index is 14.0. The average molecular weight is 516 g/mol. The zero-order valence-corrected chi connectivity index (χ0v) is 21.2. The topological polar surface area (TPSA) is 89.4 Å². The van der Waals surface area contributed by atoms with Crippen LogP contribution in [0.15, 0.2) is 30.3 Å². The van der Waals surface area contributed by atoms with E-state index in [2.05, 4.69) is 20.5 Å². The molecule has 3 aromatic rings. The Balaban J connectivity index is 1.38. The number of rotatable bonds is 10. The molecule has 1 aliphatic carbocycles. The molecule has 0 bridgehead atoms. The van der Waals surface area contributed by atoms with Crippen molar-refractivity contribution in [1.82, 2.24) is 24.8 Å². The fourth-order valence-electron chi connectivity index (χ4n) is 5.17. The number of ether oxygens (including phenoxy) is 2. The van der Waals surface area contributed by atoms with Crippen molar-refractivity contribution in [2.75, 3.05) is 63.3 Å².